The number of hydrogen-bond acceptors (Lipinski definition) is 6. The first-order valence-corrected chi connectivity index (χ1v) is 12.2. The molecule has 4 fully saturated rings. The molecule has 1 aromatic heterocycles. The molecular formula is C26H35N5O2. The van der Waals surface area contributed by atoms with Crippen molar-refractivity contribution < 1.29 is 9.59 Å². The number of nitrogens with one attached hydrogen (secondary N) is 2. The van der Waals surface area contributed by atoms with E-state index in [1.54, 1.807) is 24.4 Å². The second kappa shape index (κ2) is 7.40. The minimum atomic E-state index is -0.488. The highest BCUT2D eigenvalue weighted by Gasteiger charge is 2.88. The molecule has 1 unspecified atom stereocenters. The van der Waals surface area contributed by atoms with Crippen molar-refractivity contribution >= 4 is 29.0 Å². The predicted octanol–water partition coefficient (Wildman–Crippen LogP) is 4.29. The maximum absolute atomic E-state index is 12.7. The lowest BCUT2D eigenvalue weighted by atomic mass is 9.97. The standard InChI is InChI=1S/C26H35N5O2/c1-16-14-24(2,3)31(15-16)23-18(22(28)33)5-7-20(30-23)29-13-8-17(27)4-6-19(32)21-25(9-10-25)26(21)11-12-26/h5,7-8,13,16,21,27H,4,6,9-12,14-15H2,1-3H3,(H2,28,33)(H,29,30)/b13-8-,27-17?. The number of rotatable bonds is 9. The number of aromatic nitrogens is 1. The first-order valence-electron chi connectivity index (χ1n) is 12.2. The van der Waals surface area contributed by atoms with Gasteiger partial charge in [0.25, 0.3) is 5.91 Å². The number of Topliss-reactive ketones (excluding diaryl/α,β-unsaturated/α-hetero) is 1. The van der Waals surface area contributed by atoms with Gasteiger partial charge in [-0.1, -0.05) is 6.92 Å². The fourth-order valence-corrected chi connectivity index (χ4v) is 6.80. The Morgan fingerprint density at radius 3 is 2.42 bits per heavy atom. The van der Waals surface area contributed by atoms with Gasteiger partial charge in [0.1, 0.15) is 17.4 Å². The van der Waals surface area contributed by atoms with Gasteiger partial charge in [0.05, 0.1) is 5.56 Å². The molecule has 0 radical (unpaired) electrons. The number of pyridine rings is 1. The van der Waals surface area contributed by atoms with Gasteiger partial charge in [-0.2, -0.15) is 0 Å². The third kappa shape index (κ3) is 3.65. The number of hydrogen-bond donors (Lipinski definition) is 3. The lowest BCUT2D eigenvalue weighted by molar-refractivity contribution is -0.120. The highest BCUT2D eigenvalue weighted by Crippen LogP contribution is 2.92. The van der Waals surface area contributed by atoms with Crippen LogP contribution in [0.4, 0.5) is 11.6 Å². The second-order valence-corrected chi connectivity index (χ2v) is 11.4. The lowest BCUT2D eigenvalue weighted by Gasteiger charge is -2.33. The summed E-state index contributed by atoms with van der Waals surface area (Å²) in [5, 5.41) is 11.3. The van der Waals surface area contributed by atoms with Gasteiger partial charge in [-0.3, -0.25) is 9.59 Å². The van der Waals surface area contributed by atoms with Crippen molar-refractivity contribution in [3.8, 4) is 0 Å². The fraction of sp³-hybridized carbons (Fsp3) is 0.615. The van der Waals surface area contributed by atoms with Crippen LogP contribution in [0.5, 0.6) is 0 Å². The van der Waals surface area contributed by atoms with E-state index in [9.17, 15) is 9.59 Å². The van der Waals surface area contributed by atoms with Crippen molar-refractivity contribution in [1.82, 2.24) is 4.98 Å². The predicted molar refractivity (Wildman–Crippen MR) is 130 cm³/mol. The SMILES string of the molecule is CC1CN(c2nc(N/C=C\C(=N)CCC(=O)C3C4(CC4)C34CC4)ccc2C(N)=O)C(C)(C)C1. The van der Waals surface area contributed by atoms with E-state index in [0.717, 1.165) is 13.0 Å². The van der Waals surface area contributed by atoms with Gasteiger partial charge in [-0.25, -0.2) is 4.98 Å². The zero-order valence-corrected chi connectivity index (χ0v) is 19.9. The highest BCUT2D eigenvalue weighted by atomic mass is 16.1. The van der Waals surface area contributed by atoms with Crippen LogP contribution < -0.4 is 16.0 Å². The van der Waals surface area contributed by atoms with Crippen LogP contribution in [0.2, 0.25) is 0 Å². The van der Waals surface area contributed by atoms with E-state index in [4.69, 9.17) is 16.1 Å². The first kappa shape index (κ1) is 22.1. The third-order valence-corrected chi connectivity index (χ3v) is 8.54. The number of amides is 1. The number of anilines is 2. The molecule has 2 heterocycles. The molecule has 1 amide bonds. The normalized spacial score (nSPS) is 25.5. The van der Waals surface area contributed by atoms with Gasteiger partial charge in [-0.15, -0.1) is 0 Å². The van der Waals surface area contributed by atoms with E-state index in [1.807, 2.05) is 0 Å². The Morgan fingerprint density at radius 2 is 1.88 bits per heavy atom. The molecule has 7 heteroatoms. The Morgan fingerprint density at radius 1 is 1.21 bits per heavy atom. The van der Waals surface area contributed by atoms with Crippen LogP contribution in [-0.2, 0) is 4.79 Å². The topological polar surface area (TPSA) is 112 Å². The summed E-state index contributed by atoms with van der Waals surface area (Å²) in [6, 6.07) is 3.44. The van der Waals surface area contributed by atoms with Crippen LogP contribution in [0.15, 0.2) is 24.4 Å². The molecule has 4 N–H and O–H groups in total. The Balaban J connectivity index is 1.19. The van der Waals surface area contributed by atoms with Crippen molar-refractivity contribution in [1.29, 1.82) is 5.41 Å². The minimum absolute atomic E-state index is 0.112. The van der Waals surface area contributed by atoms with Gasteiger partial charge < -0.3 is 21.4 Å². The molecule has 1 aliphatic heterocycles. The number of carbonyl (C=O) groups excluding carboxylic acids is 2. The van der Waals surface area contributed by atoms with Gasteiger partial charge >= 0.3 is 0 Å². The Bertz CT molecular complexity index is 1030. The molecule has 0 aromatic carbocycles. The van der Waals surface area contributed by atoms with Gasteiger partial charge in [-0.05, 0) is 87.3 Å². The number of fused-ring (bicyclic) bond motifs is 1. The van der Waals surface area contributed by atoms with E-state index < -0.39 is 5.91 Å². The molecule has 5 rings (SSSR count). The summed E-state index contributed by atoms with van der Waals surface area (Å²) in [6.45, 7) is 7.33. The van der Waals surface area contributed by atoms with Crippen LogP contribution in [0, 0.1) is 28.1 Å². The zero-order valence-electron chi connectivity index (χ0n) is 19.9. The summed E-state index contributed by atoms with van der Waals surface area (Å²) in [5.74, 6) is 1.87. The van der Waals surface area contributed by atoms with E-state index in [-0.39, 0.29) is 5.54 Å². The van der Waals surface area contributed by atoms with E-state index >= 15 is 0 Å². The van der Waals surface area contributed by atoms with E-state index in [0.29, 0.717) is 64.2 Å². The van der Waals surface area contributed by atoms with Crippen molar-refractivity contribution in [2.75, 3.05) is 16.8 Å². The van der Waals surface area contributed by atoms with Gasteiger partial charge in [0.2, 0.25) is 0 Å². The number of primary amides is 1. The van der Waals surface area contributed by atoms with Crippen molar-refractivity contribution in [2.24, 2.45) is 28.4 Å². The Kier molecular flexibility index (Phi) is 4.96. The number of nitrogens with zero attached hydrogens (tertiary/aromatic N) is 2. The molecule has 176 valence electrons. The number of allylic oxidation sites excluding steroid dienone is 1. The summed E-state index contributed by atoms with van der Waals surface area (Å²) >= 11 is 0. The molecule has 2 spiro atoms. The van der Waals surface area contributed by atoms with Gasteiger partial charge in [0.15, 0.2) is 0 Å². The molecule has 4 aliphatic rings. The molecule has 1 atom stereocenters. The van der Waals surface area contributed by atoms with Crippen molar-refractivity contribution in [3.05, 3.63) is 30.0 Å². The second-order valence-electron chi connectivity index (χ2n) is 11.4. The van der Waals surface area contributed by atoms with E-state index in [1.165, 1.54) is 25.7 Å². The van der Waals surface area contributed by atoms with Gasteiger partial charge in [0, 0.05) is 36.3 Å². The maximum atomic E-state index is 12.7. The monoisotopic (exact) mass is 449 g/mol. The third-order valence-electron chi connectivity index (χ3n) is 8.54. The van der Waals surface area contributed by atoms with Crippen molar-refractivity contribution in [3.63, 3.8) is 0 Å². The molecular weight excluding hydrogens is 414 g/mol. The maximum Gasteiger partial charge on any atom is 0.252 e. The fourth-order valence-electron chi connectivity index (χ4n) is 6.80. The number of nitrogens with two attached hydrogens (primary N) is 1. The quantitative estimate of drug-likeness (QED) is 0.487. The van der Waals surface area contributed by atoms with Crippen LogP contribution in [0.25, 0.3) is 0 Å². The molecule has 0 bridgehead atoms. The molecule has 3 aliphatic carbocycles. The molecule has 33 heavy (non-hydrogen) atoms. The lowest BCUT2D eigenvalue weighted by Crippen LogP contribution is -2.40. The summed E-state index contributed by atoms with van der Waals surface area (Å²) in [6.07, 6.45) is 10.3. The Labute approximate surface area is 195 Å². The Hall–Kier alpha value is -2.70. The van der Waals surface area contributed by atoms with Crippen LogP contribution in [-0.4, -0.2) is 34.5 Å². The molecule has 1 saturated heterocycles. The average molecular weight is 450 g/mol. The highest BCUT2D eigenvalue weighted by molar-refractivity contribution is 5.98. The summed E-state index contributed by atoms with van der Waals surface area (Å²) in [5.41, 5.74) is 7.14. The summed E-state index contributed by atoms with van der Waals surface area (Å²) in [7, 11) is 0. The smallest absolute Gasteiger partial charge is 0.252 e. The number of ketones is 1. The zero-order chi connectivity index (χ0) is 23.6. The molecule has 1 aromatic rings. The minimum Gasteiger partial charge on any atom is -0.365 e. The molecule has 7 nitrogen and oxygen atoms in total. The first-order chi connectivity index (χ1) is 15.6. The largest absolute Gasteiger partial charge is 0.365 e. The van der Waals surface area contributed by atoms with Crippen molar-refractivity contribution in [2.45, 2.75) is 71.3 Å². The van der Waals surface area contributed by atoms with Crippen LogP contribution in [0.1, 0.15) is 76.1 Å². The van der Waals surface area contributed by atoms with Crippen LogP contribution >= 0.6 is 0 Å². The summed E-state index contributed by atoms with van der Waals surface area (Å²) in [4.78, 5) is 31.5. The average Bonchev–Trinajstić information content (AvgIpc) is 3.68. The van der Waals surface area contributed by atoms with E-state index in [2.05, 4.69) is 31.0 Å². The summed E-state index contributed by atoms with van der Waals surface area (Å²) < 4.78 is 0. The molecule has 3 saturated carbocycles. The number of carbonyl (C=O) groups is 2. The van der Waals surface area contributed by atoms with Crippen LogP contribution in [0.3, 0.4) is 0 Å².